The SMILES string of the molecule is Cc1cnc(NC2CCCC2Cl)nc1. The first-order valence-electron chi connectivity index (χ1n) is 4.95. The van der Waals surface area contributed by atoms with E-state index in [0.717, 1.165) is 18.4 Å². The molecule has 0 aliphatic heterocycles. The monoisotopic (exact) mass is 211 g/mol. The molecule has 1 heterocycles. The highest BCUT2D eigenvalue weighted by atomic mass is 35.5. The summed E-state index contributed by atoms with van der Waals surface area (Å²) in [5.41, 5.74) is 1.07. The summed E-state index contributed by atoms with van der Waals surface area (Å²) in [6.45, 7) is 1.98. The lowest BCUT2D eigenvalue weighted by molar-refractivity contribution is 0.749. The van der Waals surface area contributed by atoms with Gasteiger partial charge in [-0.1, -0.05) is 0 Å². The van der Waals surface area contributed by atoms with Crippen LogP contribution >= 0.6 is 11.6 Å². The molecular weight excluding hydrogens is 198 g/mol. The lowest BCUT2D eigenvalue weighted by Crippen LogP contribution is -2.25. The van der Waals surface area contributed by atoms with Crippen LogP contribution in [0.5, 0.6) is 0 Å². The third kappa shape index (κ3) is 2.15. The molecule has 0 saturated heterocycles. The Morgan fingerprint density at radius 3 is 2.64 bits per heavy atom. The fraction of sp³-hybridized carbons (Fsp3) is 0.600. The van der Waals surface area contributed by atoms with Gasteiger partial charge in [0.15, 0.2) is 0 Å². The second-order valence-corrected chi connectivity index (χ2v) is 4.34. The smallest absolute Gasteiger partial charge is 0.222 e. The highest BCUT2D eigenvalue weighted by molar-refractivity contribution is 6.21. The number of hydrogen-bond acceptors (Lipinski definition) is 3. The summed E-state index contributed by atoms with van der Waals surface area (Å²) in [6, 6.07) is 0.333. The van der Waals surface area contributed by atoms with Crippen LogP contribution in [0.2, 0.25) is 0 Å². The zero-order valence-electron chi connectivity index (χ0n) is 8.20. The lowest BCUT2D eigenvalue weighted by atomic mass is 10.2. The van der Waals surface area contributed by atoms with Crippen molar-refractivity contribution < 1.29 is 0 Å². The maximum absolute atomic E-state index is 6.14. The number of nitrogens with one attached hydrogen (secondary N) is 1. The highest BCUT2D eigenvalue weighted by Crippen LogP contribution is 2.25. The van der Waals surface area contributed by atoms with Crippen LogP contribution in [0, 0.1) is 6.92 Å². The van der Waals surface area contributed by atoms with Gasteiger partial charge in [-0.05, 0) is 31.7 Å². The van der Waals surface area contributed by atoms with Crippen LogP contribution < -0.4 is 5.32 Å². The second-order valence-electron chi connectivity index (χ2n) is 3.78. The summed E-state index contributed by atoms with van der Waals surface area (Å²) in [6.07, 6.45) is 7.02. The Morgan fingerprint density at radius 2 is 2.07 bits per heavy atom. The Morgan fingerprint density at radius 1 is 1.36 bits per heavy atom. The van der Waals surface area contributed by atoms with E-state index in [2.05, 4.69) is 15.3 Å². The minimum absolute atomic E-state index is 0.222. The van der Waals surface area contributed by atoms with Crippen molar-refractivity contribution in [2.24, 2.45) is 0 Å². The first kappa shape index (κ1) is 9.71. The van der Waals surface area contributed by atoms with Crippen LogP contribution in [0.1, 0.15) is 24.8 Å². The molecule has 1 N–H and O–H groups in total. The lowest BCUT2D eigenvalue weighted by Gasteiger charge is -2.15. The first-order chi connectivity index (χ1) is 6.75. The fourth-order valence-electron chi connectivity index (χ4n) is 1.71. The van der Waals surface area contributed by atoms with Crippen molar-refractivity contribution in [2.45, 2.75) is 37.6 Å². The predicted molar refractivity (Wildman–Crippen MR) is 57.7 cm³/mol. The van der Waals surface area contributed by atoms with Crippen molar-refractivity contribution in [2.75, 3.05) is 5.32 Å². The number of rotatable bonds is 2. The van der Waals surface area contributed by atoms with Gasteiger partial charge in [-0.15, -0.1) is 11.6 Å². The van der Waals surface area contributed by atoms with Crippen LogP contribution in [0.15, 0.2) is 12.4 Å². The van der Waals surface area contributed by atoms with Gasteiger partial charge in [-0.25, -0.2) is 9.97 Å². The molecule has 1 fully saturated rings. The van der Waals surface area contributed by atoms with Crippen molar-refractivity contribution >= 4 is 17.5 Å². The van der Waals surface area contributed by atoms with Crippen molar-refractivity contribution in [1.29, 1.82) is 0 Å². The van der Waals surface area contributed by atoms with Crippen LogP contribution in [0.3, 0.4) is 0 Å². The van der Waals surface area contributed by atoms with E-state index in [1.54, 1.807) is 0 Å². The van der Waals surface area contributed by atoms with Crippen molar-refractivity contribution in [1.82, 2.24) is 9.97 Å². The van der Waals surface area contributed by atoms with Gasteiger partial charge >= 0.3 is 0 Å². The number of halogens is 1. The molecule has 14 heavy (non-hydrogen) atoms. The van der Waals surface area contributed by atoms with E-state index in [1.807, 2.05) is 19.3 Å². The summed E-state index contributed by atoms with van der Waals surface area (Å²) < 4.78 is 0. The van der Waals surface area contributed by atoms with Crippen LogP contribution in [0.4, 0.5) is 5.95 Å². The average Bonchev–Trinajstić information content (AvgIpc) is 2.56. The summed E-state index contributed by atoms with van der Waals surface area (Å²) >= 11 is 6.14. The van der Waals surface area contributed by atoms with Crippen LogP contribution in [0.25, 0.3) is 0 Å². The van der Waals surface area contributed by atoms with Gasteiger partial charge in [-0.3, -0.25) is 0 Å². The fourth-order valence-corrected chi connectivity index (χ4v) is 2.05. The number of hydrogen-bond donors (Lipinski definition) is 1. The summed E-state index contributed by atoms with van der Waals surface area (Å²) in [7, 11) is 0. The molecule has 1 aliphatic rings. The molecule has 0 aromatic carbocycles. The van der Waals surface area contributed by atoms with Crippen LogP contribution in [-0.4, -0.2) is 21.4 Å². The molecule has 0 bridgehead atoms. The summed E-state index contributed by atoms with van der Waals surface area (Å²) in [5.74, 6) is 0.688. The Labute approximate surface area is 88.9 Å². The topological polar surface area (TPSA) is 37.8 Å². The Bertz CT molecular complexity index is 299. The molecule has 2 atom stereocenters. The Hall–Kier alpha value is -0.830. The number of alkyl halides is 1. The summed E-state index contributed by atoms with van der Waals surface area (Å²) in [5, 5.41) is 3.49. The van der Waals surface area contributed by atoms with Gasteiger partial charge in [0.1, 0.15) is 0 Å². The first-order valence-corrected chi connectivity index (χ1v) is 5.38. The molecule has 4 heteroatoms. The third-order valence-corrected chi connectivity index (χ3v) is 3.05. The molecule has 0 radical (unpaired) electrons. The van der Waals surface area contributed by atoms with E-state index in [9.17, 15) is 0 Å². The number of nitrogens with zero attached hydrogens (tertiary/aromatic N) is 2. The maximum atomic E-state index is 6.14. The zero-order chi connectivity index (χ0) is 9.97. The van der Waals surface area contributed by atoms with Gasteiger partial charge < -0.3 is 5.32 Å². The minimum Gasteiger partial charge on any atom is -0.350 e. The standard InChI is InChI=1S/C10H14ClN3/c1-7-5-12-10(13-6-7)14-9-4-2-3-8(9)11/h5-6,8-9H,2-4H2,1H3,(H,12,13,14). The molecule has 1 saturated carbocycles. The molecule has 0 spiro atoms. The van der Waals surface area contributed by atoms with E-state index >= 15 is 0 Å². The maximum Gasteiger partial charge on any atom is 0.222 e. The third-order valence-electron chi connectivity index (χ3n) is 2.53. The average molecular weight is 212 g/mol. The summed E-state index contributed by atoms with van der Waals surface area (Å²) in [4.78, 5) is 8.39. The van der Waals surface area contributed by atoms with Crippen molar-refractivity contribution in [3.63, 3.8) is 0 Å². The van der Waals surface area contributed by atoms with Gasteiger partial charge in [0.05, 0.1) is 5.38 Å². The number of aryl methyl sites for hydroxylation is 1. The van der Waals surface area contributed by atoms with Crippen molar-refractivity contribution in [3.05, 3.63) is 18.0 Å². The Balaban J connectivity index is 2.00. The minimum atomic E-state index is 0.222. The molecule has 0 amide bonds. The highest BCUT2D eigenvalue weighted by Gasteiger charge is 2.25. The van der Waals surface area contributed by atoms with Gasteiger partial charge in [0, 0.05) is 18.4 Å². The van der Waals surface area contributed by atoms with E-state index in [0.29, 0.717) is 12.0 Å². The van der Waals surface area contributed by atoms with Crippen LogP contribution in [-0.2, 0) is 0 Å². The molecule has 1 aromatic heterocycles. The normalized spacial score (nSPS) is 26.4. The van der Waals surface area contributed by atoms with E-state index in [1.165, 1.54) is 6.42 Å². The molecule has 76 valence electrons. The van der Waals surface area contributed by atoms with Gasteiger partial charge in [-0.2, -0.15) is 0 Å². The number of anilines is 1. The van der Waals surface area contributed by atoms with E-state index < -0.39 is 0 Å². The Kier molecular flexibility index (Phi) is 2.87. The second kappa shape index (κ2) is 4.13. The largest absolute Gasteiger partial charge is 0.350 e. The molecule has 2 unspecified atom stereocenters. The predicted octanol–water partition coefficient (Wildman–Crippen LogP) is 2.36. The number of aromatic nitrogens is 2. The zero-order valence-corrected chi connectivity index (χ0v) is 8.96. The molecule has 1 aromatic rings. The molecule has 1 aliphatic carbocycles. The van der Waals surface area contributed by atoms with Gasteiger partial charge in [0.25, 0.3) is 0 Å². The molecule has 2 rings (SSSR count). The van der Waals surface area contributed by atoms with Crippen molar-refractivity contribution in [3.8, 4) is 0 Å². The quantitative estimate of drug-likeness (QED) is 0.764. The van der Waals surface area contributed by atoms with Gasteiger partial charge in [0.2, 0.25) is 5.95 Å². The molecular formula is C10H14ClN3. The van der Waals surface area contributed by atoms with E-state index in [4.69, 9.17) is 11.6 Å². The molecule has 3 nitrogen and oxygen atoms in total. The van der Waals surface area contributed by atoms with E-state index in [-0.39, 0.29) is 5.38 Å².